The molecule has 0 amide bonds. The van der Waals surface area contributed by atoms with Crippen LogP contribution >= 0.6 is 0 Å². The van der Waals surface area contributed by atoms with Crippen LogP contribution in [0.5, 0.6) is 0 Å². The van der Waals surface area contributed by atoms with E-state index >= 15 is 0 Å². The Hall–Kier alpha value is -0.0800. The van der Waals surface area contributed by atoms with E-state index in [2.05, 4.69) is 46.9 Å². The minimum atomic E-state index is 0.229. The van der Waals surface area contributed by atoms with Gasteiger partial charge in [-0.2, -0.15) is 0 Å². The average Bonchev–Trinajstić information content (AvgIpc) is 2.52. The summed E-state index contributed by atoms with van der Waals surface area (Å²) >= 11 is 0. The molecule has 2 nitrogen and oxygen atoms in total. The van der Waals surface area contributed by atoms with Crippen LogP contribution in [0.25, 0.3) is 0 Å². The SMILES string of the molecule is CC1CCC(C2C(CNC(C)(C)C)C2(C)C)O1. The lowest BCUT2D eigenvalue weighted by molar-refractivity contribution is 0.0338. The Morgan fingerprint density at radius 3 is 2.35 bits per heavy atom. The summed E-state index contributed by atoms with van der Waals surface area (Å²) in [6, 6.07) is 0. The molecule has 4 unspecified atom stereocenters. The van der Waals surface area contributed by atoms with Gasteiger partial charge in [-0.3, -0.25) is 0 Å². The van der Waals surface area contributed by atoms with Crippen molar-refractivity contribution < 1.29 is 4.74 Å². The molecule has 1 heterocycles. The lowest BCUT2D eigenvalue weighted by Gasteiger charge is -2.21. The molecule has 2 fully saturated rings. The summed E-state index contributed by atoms with van der Waals surface area (Å²) < 4.78 is 6.06. The molecule has 2 aliphatic rings. The van der Waals surface area contributed by atoms with Crippen molar-refractivity contribution >= 4 is 0 Å². The van der Waals surface area contributed by atoms with Crippen molar-refractivity contribution in [2.24, 2.45) is 17.3 Å². The number of hydrogen-bond donors (Lipinski definition) is 1. The first-order valence-electron chi connectivity index (χ1n) is 7.12. The highest BCUT2D eigenvalue weighted by atomic mass is 16.5. The topological polar surface area (TPSA) is 21.3 Å². The van der Waals surface area contributed by atoms with Gasteiger partial charge < -0.3 is 10.1 Å². The third-order valence-corrected chi connectivity index (χ3v) is 4.66. The van der Waals surface area contributed by atoms with E-state index in [9.17, 15) is 0 Å². The van der Waals surface area contributed by atoms with Gasteiger partial charge in [-0.05, 0) is 64.3 Å². The van der Waals surface area contributed by atoms with Gasteiger partial charge in [0, 0.05) is 5.54 Å². The molecule has 0 radical (unpaired) electrons. The Kier molecular flexibility index (Phi) is 3.33. The highest BCUT2D eigenvalue weighted by Gasteiger charge is 2.61. The number of nitrogens with one attached hydrogen (secondary N) is 1. The minimum Gasteiger partial charge on any atom is -0.375 e. The van der Waals surface area contributed by atoms with Crippen molar-refractivity contribution in [1.29, 1.82) is 0 Å². The molecular weight excluding hydrogens is 210 g/mol. The average molecular weight is 239 g/mol. The third-order valence-electron chi connectivity index (χ3n) is 4.66. The van der Waals surface area contributed by atoms with E-state index in [4.69, 9.17) is 4.74 Å². The van der Waals surface area contributed by atoms with E-state index in [-0.39, 0.29) is 5.54 Å². The van der Waals surface area contributed by atoms with Crippen molar-refractivity contribution in [1.82, 2.24) is 5.32 Å². The molecule has 1 saturated carbocycles. The maximum atomic E-state index is 6.06. The highest BCUT2D eigenvalue weighted by Crippen LogP contribution is 2.61. The molecule has 2 heteroatoms. The van der Waals surface area contributed by atoms with Crippen molar-refractivity contribution in [3.05, 3.63) is 0 Å². The molecule has 1 saturated heterocycles. The normalized spacial score (nSPS) is 40.6. The van der Waals surface area contributed by atoms with E-state index in [1.165, 1.54) is 12.8 Å². The van der Waals surface area contributed by atoms with Crippen molar-refractivity contribution in [2.75, 3.05) is 6.54 Å². The van der Waals surface area contributed by atoms with Crippen molar-refractivity contribution in [2.45, 2.75) is 72.1 Å². The van der Waals surface area contributed by atoms with Crippen LogP contribution in [0.3, 0.4) is 0 Å². The van der Waals surface area contributed by atoms with E-state index in [1.807, 2.05) is 0 Å². The molecule has 1 aliphatic heterocycles. The molecule has 17 heavy (non-hydrogen) atoms. The van der Waals surface area contributed by atoms with E-state index < -0.39 is 0 Å². The van der Waals surface area contributed by atoms with Gasteiger partial charge in [0.2, 0.25) is 0 Å². The van der Waals surface area contributed by atoms with Crippen LogP contribution in [-0.2, 0) is 4.74 Å². The molecule has 0 aromatic carbocycles. The molecule has 2 rings (SSSR count). The van der Waals surface area contributed by atoms with Crippen molar-refractivity contribution in [3.63, 3.8) is 0 Å². The molecule has 4 atom stereocenters. The smallest absolute Gasteiger partial charge is 0.0616 e. The second kappa shape index (κ2) is 4.24. The summed E-state index contributed by atoms with van der Waals surface area (Å²) in [7, 11) is 0. The molecule has 0 bridgehead atoms. The molecule has 1 aliphatic carbocycles. The zero-order chi connectivity index (χ0) is 12.8. The van der Waals surface area contributed by atoms with Gasteiger partial charge in [0.15, 0.2) is 0 Å². The highest BCUT2D eigenvalue weighted by molar-refractivity contribution is 5.10. The Morgan fingerprint density at radius 2 is 1.88 bits per heavy atom. The van der Waals surface area contributed by atoms with Gasteiger partial charge in [-0.25, -0.2) is 0 Å². The van der Waals surface area contributed by atoms with Crippen LogP contribution in [0.4, 0.5) is 0 Å². The van der Waals surface area contributed by atoms with E-state index in [1.54, 1.807) is 0 Å². The van der Waals surface area contributed by atoms with Gasteiger partial charge in [0.25, 0.3) is 0 Å². The Labute approximate surface area is 107 Å². The molecular formula is C15H29NO. The third kappa shape index (κ3) is 2.85. The van der Waals surface area contributed by atoms with Crippen molar-refractivity contribution in [3.8, 4) is 0 Å². The van der Waals surface area contributed by atoms with Gasteiger partial charge in [-0.15, -0.1) is 0 Å². The van der Waals surface area contributed by atoms with Gasteiger partial charge in [-0.1, -0.05) is 13.8 Å². The zero-order valence-electron chi connectivity index (χ0n) is 12.3. The first-order chi connectivity index (χ1) is 7.72. The summed E-state index contributed by atoms with van der Waals surface area (Å²) in [5, 5.41) is 3.65. The minimum absolute atomic E-state index is 0.229. The second-order valence-electron chi connectivity index (χ2n) is 7.65. The molecule has 1 N–H and O–H groups in total. The van der Waals surface area contributed by atoms with Crippen LogP contribution in [0.2, 0.25) is 0 Å². The predicted molar refractivity (Wildman–Crippen MR) is 72.1 cm³/mol. The van der Waals surface area contributed by atoms with Gasteiger partial charge in [0.1, 0.15) is 0 Å². The van der Waals surface area contributed by atoms with Crippen LogP contribution in [0.15, 0.2) is 0 Å². The fourth-order valence-electron chi connectivity index (χ4n) is 3.43. The fourth-order valence-corrected chi connectivity index (χ4v) is 3.43. The Bertz CT molecular complexity index is 279. The Morgan fingerprint density at radius 1 is 1.24 bits per heavy atom. The van der Waals surface area contributed by atoms with E-state index in [0.717, 1.165) is 18.4 Å². The summed E-state index contributed by atoms with van der Waals surface area (Å²) in [5.74, 6) is 1.55. The molecule has 0 aromatic rings. The Balaban J connectivity index is 1.88. The lowest BCUT2D eigenvalue weighted by atomic mass is 10.0. The first kappa shape index (κ1) is 13.4. The van der Waals surface area contributed by atoms with Crippen LogP contribution in [0.1, 0.15) is 54.4 Å². The first-order valence-corrected chi connectivity index (χ1v) is 7.12. The van der Waals surface area contributed by atoms with E-state index in [0.29, 0.717) is 17.6 Å². The standard InChI is InChI=1S/C15H29NO/c1-10-7-8-12(17-10)13-11(15(13,5)6)9-16-14(2,3)4/h10-13,16H,7-9H2,1-6H3. The molecule has 0 aromatic heterocycles. The van der Waals surface area contributed by atoms with Crippen LogP contribution < -0.4 is 5.32 Å². The zero-order valence-corrected chi connectivity index (χ0v) is 12.3. The van der Waals surface area contributed by atoms with Gasteiger partial charge in [0.05, 0.1) is 12.2 Å². The summed E-state index contributed by atoms with van der Waals surface area (Å²) in [5.41, 5.74) is 0.694. The fraction of sp³-hybridized carbons (Fsp3) is 1.00. The lowest BCUT2D eigenvalue weighted by Crippen LogP contribution is -2.37. The molecule has 100 valence electrons. The summed E-state index contributed by atoms with van der Waals surface area (Å²) in [6.07, 6.45) is 3.51. The van der Waals surface area contributed by atoms with Crippen LogP contribution in [-0.4, -0.2) is 24.3 Å². The maximum absolute atomic E-state index is 6.06. The monoisotopic (exact) mass is 239 g/mol. The van der Waals surface area contributed by atoms with Gasteiger partial charge >= 0.3 is 0 Å². The second-order valence-corrected chi connectivity index (χ2v) is 7.65. The maximum Gasteiger partial charge on any atom is 0.0616 e. The summed E-state index contributed by atoms with van der Waals surface area (Å²) in [4.78, 5) is 0. The predicted octanol–water partition coefficient (Wildman–Crippen LogP) is 3.21. The van der Waals surface area contributed by atoms with Crippen LogP contribution in [0, 0.1) is 17.3 Å². The quantitative estimate of drug-likeness (QED) is 0.816. The summed E-state index contributed by atoms with van der Waals surface area (Å²) in [6.45, 7) is 14.9. The number of rotatable bonds is 3. The largest absolute Gasteiger partial charge is 0.375 e. The molecule has 0 spiro atoms. The number of ether oxygens (including phenoxy) is 1. The number of hydrogen-bond acceptors (Lipinski definition) is 2.